The predicted molar refractivity (Wildman–Crippen MR) is 76.5 cm³/mol. The fourth-order valence-corrected chi connectivity index (χ4v) is 2.05. The SMILES string of the molecule is CCn1cnc(N)c2nc(-c3ccc(OC)cc3)nc1-2. The monoisotopic (exact) mass is 269 g/mol. The van der Waals surface area contributed by atoms with Crippen LogP contribution in [-0.4, -0.2) is 26.6 Å². The molecule has 0 amide bonds. The average molecular weight is 269 g/mol. The first kappa shape index (κ1) is 12.4. The number of hydrogen-bond acceptors (Lipinski definition) is 5. The normalized spacial score (nSPS) is 10.9. The summed E-state index contributed by atoms with van der Waals surface area (Å²) in [5.74, 6) is 2.60. The van der Waals surface area contributed by atoms with Crippen LogP contribution in [0.4, 0.5) is 5.82 Å². The highest BCUT2D eigenvalue weighted by molar-refractivity contribution is 5.71. The van der Waals surface area contributed by atoms with Gasteiger partial charge in [0.1, 0.15) is 5.75 Å². The molecule has 0 saturated heterocycles. The lowest BCUT2D eigenvalue weighted by Gasteiger charge is -2.07. The molecule has 0 spiro atoms. The van der Waals surface area contributed by atoms with Gasteiger partial charge in [0.15, 0.2) is 23.2 Å². The second-order valence-electron chi connectivity index (χ2n) is 4.36. The summed E-state index contributed by atoms with van der Waals surface area (Å²) in [6.07, 6.45) is 1.68. The number of ether oxygens (including phenoxy) is 1. The van der Waals surface area contributed by atoms with Crippen molar-refractivity contribution in [1.82, 2.24) is 19.5 Å². The average Bonchev–Trinajstić information content (AvgIpc) is 2.94. The Morgan fingerprint density at radius 1 is 1.20 bits per heavy atom. The molecule has 0 unspecified atom stereocenters. The Balaban J connectivity index is 2.12. The number of fused-ring (bicyclic) bond motifs is 1. The van der Waals surface area contributed by atoms with E-state index in [0.29, 0.717) is 17.3 Å². The number of methoxy groups -OCH3 is 1. The quantitative estimate of drug-likeness (QED) is 0.787. The third-order valence-electron chi connectivity index (χ3n) is 3.18. The van der Waals surface area contributed by atoms with Crippen LogP contribution in [0.15, 0.2) is 30.6 Å². The largest absolute Gasteiger partial charge is 0.497 e. The van der Waals surface area contributed by atoms with Crippen LogP contribution in [-0.2, 0) is 6.54 Å². The van der Waals surface area contributed by atoms with Gasteiger partial charge in [-0.1, -0.05) is 0 Å². The van der Waals surface area contributed by atoms with Gasteiger partial charge in [0.2, 0.25) is 0 Å². The van der Waals surface area contributed by atoms with Crippen LogP contribution < -0.4 is 10.5 Å². The van der Waals surface area contributed by atoms with E-state index in [1.807, 2.05) is 35.8 Å². The van der Waals surface area contributed by atoms with E-state index >= 15 is 0 Å². The highest BCUT2D eigenvalue weighted by Crippen LogP contribution is 2.28. The molecule has 1 aromatic rings. The van der Waals surface area contributed by atoms with Crippen molar-refractivity contribution in [2.75, 3.05) is 12.8 Å². The van der Waals surface area contributed by atoms with Crippen LogP contribution in [0.25, 0.3) is 22.9 Å². The Bertz CT molecular complexity index is 704. The van der Waals surface area contributed by atoms with Gasteiger partial charge in [-0.05, 0) is 31.2 Å². The number of imidazole rings is 1. The second-order valence-corrected chi connectivity index (χ2v) is 4.36. The number of aromatic nitrogens is 4. The third kappa shape index (κ3) is 1.95. The molecule has 0 fully saturated rings. The van der Waals surface area contributed by atoms with Crippen molar-refractivity contribution >= 4 is 5.82 Å². The molecule has 102 valence electrons. The predicted octanol–water partition coefficient (Wildman–Crippen LogP) is 2.06. The van der Waals surface area contributed by atoms with Gasteiger partial charge in [-0.3, -0.25) is 0 Å². The lowest BCUT2D eigenvalue weighted by atomic mass is 10.2. The minimum Gasteiger partial charge on any atom is -0.497 e. The van der Waals surface area contributed by atoms with Crippen molar-refractivity contribution in [2.45, 2.75) is 13.5 Å². The fourth-order valence-electron chi connectivity index (χ4n) is 2.05. The van der Waals surface area contributed by atoms with Gasteiger partial charge in [0.25, 0.3) is 0 Å². The van der Waals surface area contributed by atoms with Gasteiger partial charge in [-0.2, -0.15) is 0 Å². The lowest BCUT2D eigenvalue weighted by Crippen LogP contribution is -2.06. The van der Waals surface area contributed by atoms with Gasteiger partial charge in [-0.15, -0.1) is 0 Å². The van der Waals surface area contributed by atoms with E-state index in [-0.39, 0.29) is 0 Å². The number of aryl methyl sites for hydroxylation is 1. The maximum absolute atomic E-state index is 5.87. The number of rotatable bonds is 3. The Morgan fingerprint density at radius 2 is 1.95 bits per heavy atom. The van der Waals surface area contributed by atoms with Crippen LogP contribution in [0.5, 0.6) is 5.75 Å². The summed E-state index contributed by atoms with van der Waals surface area (Å²) in [7, 11) is 1.64. The molecule has 1 aromatic carbocycles. The van der Waals surface area contributed by atoms with E-state index in [9.17, 15) is 0 Å². The number of nitrogen functional groups attached to an aromatic ring is 1. The molecule has 0 atom stereocenters. The minimum atomic E-state index is 0.400. The smallest absolute Gasteiger partial charge is 0.166 e. The van der Waals surface area contributed by atoms with E-state index < -0.39 is 0 Å². The number of nitrogens with two attached hydrogens (primary N) is 1. The topological polar surface area (TPSA) is 78.9 Å². The van der Waals surface area contributed by atoms with Gasteiger partial charge in [0.05, 0.1) is 13.4 Å². The molecule has 2 aliphatic heterocycles. The van der Waals surface area contributed by atoms with E-state index in [4.69, 9.17) is 10.5 Å². The summed E-state index contributed by atoms with van der Waals surface area (Å²) < 4.78 is 7.07. The van der Waals surface area contributed by atoms with Crippen LogP contribution in [0.1, 0.15) is 6.92 Å². The lowest BCUT2D eigenvalue weighted by molar-refractivity contribution is 0.415. The summed E-state index contributed by atoms with van der Waals surface area (Å²) in [5, 5.41) is 0. The summed E-state index contributed by atoms with van der Waals surface area (Å²) in [5.41, 5.74) is 7.43. The van der Waals surface area contributed by atoms with Crippen molar-refractivity contribution in [3.63, 3.8) is 0 Å². The maximum Gasteiger partial charge on any atom is 0.166 e. The van der Waals surface area contributed by atoms with Crippen molar-refractivity contribution in [2.24, 2.45) is 0 Å². The first-order chi connectivity index (χ1) is 9.72. The van der Waals surface area contributed by atoms with Crippen molar-refractivity contribution in [3.8, 4) is 28.7 Å². The molecular weight excluding hydrogens is 254 g/mol. The Labute approximate surface area is 116 Å². The molecular formula is C14H15N5O. The van der Waals surface area contributed by atoms with Crippen molar-refractivity contribution < 1.29 is 4.74 Å². The van der Waals surface area contributed by atoms with Crippen LogP contribution in [0.2, 0.25) is 0 Å². The fraction of sp³-hybridized carbons (Fsp3) is 0.214. The van der Waals surface area contributed by atoms with E-state index in [1.54, 1.807) is 13.4 Å². The van der Waals surface area contributed by atoms with E-state index in [0.717, 1.165) is 23.7 Å². The maximum atomic E-state index is 5.87. The van der Waals surface area contributed by atoms with Crippen molar-refractivity contribution in [1.29, 1.82) is 0 Å². The second kappa shape index (κ2) is 4.80. The van der Waals surface area contributed by atoms with E-state index in [1.165, 1.54) is 0 Å². The van der Waals surface area contributed by atoms with Crippen LogP contribution in [0, 0.1) is 0 Å². The molecule has 20 heavy (non-hydrogen) atoms. The Hall–Kier alpha value is -2.63. The first-order valence-corrected chi connectivity index (χ1v) is 6.35. The number of nitrogens with zero attached hydrogens (tertiary/aromatic N) is 4. The highest BCUT2D eigenvalue weighted by atomic mass is 16.5. The summed E-state index contributed by atoms with van der Waals surface area (Å²) in [6.45, 7) is 2.80. The first-order valence-electron chi connectivity index (χ1n) is 6.35. The van der Waals surface area contributed by atoms with E-state index in [2.05, 4.69) is 15.0 Å². The zero-order chi connectivity index (χ0) is 14.1. The molecule has 0 saturated carbocycles. The van der Waals surface area contributed by atoms with Gasteiger partial charge < -0.3 is 15.0 Å². The molecule has 6 heteroatoms. The molecule has 2 heterocycles. The van der Waals surface area contributed by atoms with Gasteiger partial charge in [-0.25, -0.2) is 15.0 Å². The summed E-state index contributed by atoms with van der Waals surface area (Å²) in [4.78, 5) is 13.2. The Morgan fingerprint density at radius 3 is 2.60 bits per heavy atom. The molecule has 0 radical (unpaired) electrons. The third-order valence-corrected chi connectivity index (χ3v) is 3.18. The van der Waals surface area contributed by atoms with Gasteiger partial charge in [0, 0.05) is 12.1 Å². The standard InChI is InChI=1S/C14H15N5O/c1-3-19-8-16-12(15)11-14(19)18-13(17-11)9-4-6-10(20-2)7-5-9/h4-8H,3,15H2,1-2H3. The Kier molecular flexibility index (Phi) is 2.98. The molecule has 6 nitrogen and oxygen atoms in total. The summed E-state index contributed by atoms with van der Waals surface area (Å²) >= 11 is 0. The van der Waals surface area contributed by atoms with Gasteiger partial charge >= 0.3 is 0 Å². The van der Waals surface area contributed by atoms with Crippen LogP contribution in [0.3, 0.4) is 0 Å². The number of anilines is 1. The zero-order valence-corrected chi connectivity index (χ0v) is 11.4. The molecule has 0 bridgehead atoms. The van der Waals surface area contributed by atoms with Crippen LogP contribution >= 0.6 is 0 Å². The molecule has 0 aromatic heterocycles. The molecule has 2 N–H and O–H groups in total. The molecule has 0 aliphatic carbocycles. The molecule has 2 aliphatic rings. The van der Waals surface area contributed by atoms with Crippen molar-refractivity contribution in [3.05, 3.63) is 30.6 Å². The minimum absolute atomic E-state index is 0.400. The molecule has 3 rings (SSSR count). The highest BCUT2D eigenvalue weighted by Gasteiger charge is 2.18. The number of benzene rings is 1. The summed E-state index contributed by atoms with van der Waals surface area (Å²) in [6, 6.07) is 7.61. The number of hydrogen-bond donors (Lipinski definition) is 1. The zero-order valence-electron chi connectivity index (χ0n) is 11.4.